The van der Waals surface area contributed by atoms with Crippen molar-refractivity contribution in [3.8, 4) is 0 Å². The van der Waals surface area contributed by atoms with Crippen LogP contribution in [0.4, 0.5) is 4.39 Å². The van der Waals surface area contributed by atoms with E-state index in [1.807, 2.05) is 11.8 Å². The first kappa shape index (κ1) is 13.0. The Labute approximate surface area is 107 Å². The molecule has 1 fully saturated rings. The summed E-state index contributed by atoms with van der Waals surface area (Å²) < 4.78 is 13.2. The van der Waals surface area contributed by atoms with Gasteiger partial charge in [-0.3, -0.25) is 4.79 Å². The molecule has 1 aliphatic heterocycles. The molecule has 1 saturated heterocycles. The monoisotopic (exact) mass is 250 g/mol. The van der Waals surface area contributed by atoms with Crippen LogP contribution >= 0.6 is 0 Å². The Hall–Kier alpha value is -1.42. The van der Waals surface area contributed by atoms with E-state index in [1.54, 1.807) is 12.1 Å². The van der Waals surface area contributed by atoms with Crippen molar-refractivity contribution in [1.82, 2.24) is 4.90 Å². The Morgan fingerprint density at radius 3 is 2.94 bits per heavy atom. The normalized spacial score (nSPS) is 24.1. The Kier molecular flexibility index (Phi) is 3.97. The summed E-state index contributed by atoms with van der Waals surface area (Å²) in [6.45, 7) is 2.49. The predicted molar refractivity (Wildman–Crippen MR) is 68.7 cm³/mol. The number of amides is 1. The largest absolute Gasteiger partial charge is 0.332 e. The maximum absolute atomic E-state index is 13.2. The zero-order chi connectivity index (χ0) is 13.1. The first-order valence-electron chi connectivity index (χ1n) is 6.41. The van der Waals surface area contributed by atoms with Crippen LogP contribution in [0.2, 0.25) is 0 Å². The topological polar surface area (TPSA) is 46.3 Å². The lowest BCUT2D eigenvalue weighted by molar-refractivity contribution is 0.0493. The van der Waals surface area contributed by atoms with Crippen molar-refractivity contribution < 1.29 is 9.18 Å². The molecule has 0 bridgehead atoms. The molecule has 1 heterocycles. The number of halogens is 1. The average Bonchev–Trinajstić information content (AvgIpc) is 2.37. The standard InChI is InChI=1S/C14H19FN2O/c1-10-4-2-7-13(9-16)17(10)14(18)11-5-3-6-12(15)8-11/h3,5-6,8,10,13H,2,4,7,9,16H2,1H3. The van der Waals surface area contributed by atoms with Gasteiger partial charge in [0, 0.05) is 24.2 Å². The van der Waals surface area contributed by atoms with Crippen molar-refractivity contribution in [2.45, 2.75) is 38.3 Å². The van der Waals surface area contributed by atoms with E-state index in [4.69, 9.17) is 5.73 Å². The highest BCUT2D eigenvalue weighted by Crippen LogP contribution is 2.24. The molecular weight excluding hydrogens is 231 g/mol. The van der Waals surface area contributed by atoms with Gasteiger partial charge in [0.15, 0.2) is 0 Å². The third-order valence-corrected chi connectivity index (χ3v) is 3.61. The average molecular weight is 250 g/mol. The van der Waals surface area contributed by atoms with E-state index in [0.29, 0.717) is 12.1 Å². The zero-order valence-corrected chi connectivity index (χ0v) is 10.6. The van der Waals surface area contributed by atoms with Crippen LogP contribution in [0.3, 0.4) is 0 Å². The molecule has 0 saturated carbocycles. The second-order valence-corrected chi connectivity index (χ2v) is 4.89. The van der Waals surface area contributed by atoms with Crippen LogP contribution in [0.25, 0.3) is 0 Å². The number of benzene rings is 1. The van der Waals surface area contributed by atoms with Gasteiger partial charge in [0.1, 0.15) is 5.82 Å². The molecule has 1 amide bonds. The van der Waals surface area contributed by atoms with Crippen LogP contribution < -0.4 is 5.73 Å². The van der Waals surface area contributed by atoms with E-state index < -0.39 is 0 Å². The number of carbonyl (C=O) groups is 1. The van der Waals surface area contributed by atoms with Crippen molar-refractivity contribution in [2.24, 2.45) is 5.73 Å². The lowest BCUT2D eigenvalue weighted by Crippen LogP contribution is -2.51. The fourth-order valence-electron chi connectivity index (χ4n) is 2.65. The minimum Gasteiger partial charge on any atom is -0.332 e. The third kappa shape index (κ3) is 2.53. The lowest BCUT2D eigenvalue weighted by Gasteiger charge is -2.40. The van der Waals surface area contributed by atoms with Crippen molar-refractivity contribution in [3.05, 3.63) is 35.6 Å². The van der Waals surface area contributed by atoms with E-state index in [1.165, 1.54) is 12.1 Å². The fraction of sp³-hybridized carbons (Fsp3) is 0.500. The third-order valence-electron chi connectivity index (χ3n) is 3.61. The van der Waals surface area contributed by atoms with Gasteiger partial charge in [-0.05, 0) is 44.4 Å². The van der Waals surface area contributed by atoms with E-state index in [-0.39, 0.29) is 23.8 Å². The summed E-state index contributed by atoms with van der Waals surface area (Å²) in [7, 11) is 0. The molecule has 1 aromatic carbocycles. The Balaban J connectivity index is 2.25. The SMILES string of the molecule is CC1CCCC(CN)N1C(=O)c1cccc(F)c1. The lowest BCUT2D eigenvalue weighted by atomic mass is 9.95. The summed E-state index contributed by atoms with van der Waals surface area (Å²) in [5.74, 6) is -0.494. The molecule has 2 rings (SSSR count). The molecular formula is C14H19FN2O. The van der Waals surface area contributed by atoms with Gasteiger partial charge in [-0.2, -0.15) is 0 Å². The van der Waals surface area contributed by atoms with Crippen LogP contribution in [0.5, 0.6) is 0 Å². The smallest absolute Gasteiger partial charge is 0.254 e. The number of hydrogen-bond donors (Lipinski definition) is 1. The van der Waals surface area contributed by atoms with Gasteiger partial charge in [0.25, 0.3) is 5.91 Å². The molecule has 1 aromatic rings. The van der Waals surface area contributed by atoms with Crippen LogP contribution in [-0.4, -0.2) is 29.4 Å². The molecule has 2 N–H and O–H groups in total. The van der Waals surface area contributed by atoms with E-state index in [2.05, 4.69) is 0 Å². The van der Waals surface area contributed by atoms with Gasteiger partial charge < -0.3 is 10.6 Å². The second kappa shape index (κ2) is 5.48. The Morgan fingerprint density at radius 1 is 1.50 bits per heavy atom. The van der Waals surface area contributed by atoms with Crippen molar-refractivity contribution in [2.75, 3.05) is 6.54 Å². The minimum absolute atomic E-state index is 0.0736. The summed E-state index contributed by atoms with van der Waals surface area (Å²) in [5, 5.41) is 0. The minimum atomic E-state index is -0.380. The van der Waals surface area contributed by atoms with Gasteiger partial charge in [-0.25, -0.2) is 4.39 Å². The van der Waals surface area contributed by atoms with Gasteiger partial charge in [-0.15, -0.1) is 0 Å². The number of nitrogens with two attached hydrogens (primary N) is 1. The zero-order valence-electron chi connectivity index (χ0n) is 10.6. The first-order valence-corrected chi connectivity index (χ1v) is 6.41. The highest BCUT2D eigenvalue weighted by molar-refractivity contribution is 5.94. The quantitative estimate of drug-likeness (QED) is 0.874. The summed E-state index contributed by atoms with van der Waals surface area (Å²) in [4.78, 5) is 14.3. The van der Waals surface area contributed by atoms with Crippen molar-refractivity contribution in [3.63, 3.8) is 0 Å². The second-order valence-electron chi connectivity index (χ2n) is 4.89. The van der Waals surface area contributed by atoms with Crippen molar-refractivity contribution >= 4 is 5.91 Å². The Morgan fingerprint density at radius 2 is 2.28 bits per heavy atom. The van der Waals surface area contributed by atoms with Crippen LogP contribution in [0, 0.1) is 5.82 Å². The van der Waals surface area contributed by atoms with Gasteiger partial charge in [0.2, 0.25) is 0 Å². The molecule has 18 heavy (non-hydrogen) atoms. The number of piperidine rings is 1. The number of carbonyl (C=O) groups excluding carboxylic acids is 1. The molecule has 2 unspecified atom stereocenters. The molecule has 0 aliphatic carbocycles. The van der Waals surface area contributed by atoms with Crippen LogP contribution in [-0.2, 0) is 0 Å². The van der Waals surface area contributed by atoms with E-state index >= 15 is 0 Å². The molecule has 2 atom stereocenters. The maximum atomic E-state index is 13.2. The summed E-state index contributed by atoms with van der Waals surface area (Å²) in [5.41, 5.74) is 6.14. The van der Waals surface area contributed by atoms with E-state index in [9.17, 15) is 9.18 Å². The molecule has 0 aromatic heterocycles. The van der Waals surface area contributed by atoms with Gasteiger partial charge >= 0.3 is 0 Å². The molecule has 0 spiro atoms. The fourth-order valence-corrected chi connectivity index (χ4v) is 2.65. The molecule has 4 heteroatoms. The van der Waals surface area contributed by atoms with Gasteiger partial charge in [0.05, 0.1) is 0 Å². The van der Waals surface area contributed by atoms with Crippen molar-refractivity contribution in [1.29, 1.82) is 0 Å². The summed E-state index contributed by atoms with van der Waals surface area (Å²) in [6.07, 6.45) is 3.01. The van der Waals surface area contributed by atoms with Crippen LogP contribution in [0.15, 0.2) is 24.3 Å². The summed E-state index contributed by atoms with van der Waals surface area (Å²) >= 11 is 0. The van der Waals surface area contributed by atoms with Gasteiger partial charge in [-0.1, -0.05) is 6.07 Å². The number of nitrogens with zero attached hydrogens (tertiary/aromatic N) is 1. The molecule has 98 valence electrons. The summed E-state index contributed by atoms with van der Waals surface area (Å²) in [6, 6.07) is 6.09. The highest BCUT2D eigenvalue weighted by Gasteiger charge is 2.31. The number of likely N-dealkylation sites (tertiary alicyclic amines) is 1. The molecule has 1 aliphatic rings. The first-order chi connectivity index (χ1) is 8.63. The number of hydrogen-bond acceptors (Lipinski definition) is 2. The Bertz CT molecular complexity index is 436. The van der Waals surface area contributed by atoms with E-state index in [0.717, 1.165) is 19.3 Å². The highest BCUT2D eigenvalue weighted by atomic mass is 19.1. The molecule has 3 nitrogen and oxygen atoms in total. The molecule has 0 radical (unpaired) electrons. The maximum Gasteiger partial charge on any atom is 0.254 e. The number of rotatable bonds is 2. The van der Waals surface area contributed by atoms with Crippen LogP contribution in [0.1, 0.15) is 36.5 Å². The predicted octanol–water partition coefficient (Wildman–Crippen LogP) is 2.17.